The van der Waals surface area contributed by atoms with E-state index in [0.29, 0.717) is 13.0 Å². The summed E-state index contributed by atoms with van der Waals surface area (Å²) in [5, 5.41) is 17.9. The van der Waals surface area contributed by atoms with E-state index in [1.54, 1.807) is 18.2 Å². The maximum absolute atomic E-state index is 14.1. The Morgan fingerprint density at radius 2 is 1.75 bits per heavy atom. The molecular weight excluding hydrogens is 576 g/mol. The maximum atomic E-state index is 14.1. The van der Waals surface area contributed by atoms with Crippen molar-refractivity contribution in [1.82, 2.24) is 20.1 Å². The second kappa shape index (κ2) is 15.3. The first-order chi connectivity index (χ1) is 21.1. The molecule has 0 aromatic heterocycles. The summed E-state index contributed by atoms with van der Waals surface area (Å²) in [5.74, 6) is 1.57. The summed E-state index contributed by atoms with van der Waals surface area (Å²) in [5.41, 5.74) is 3.57. The molecule has 1 aliphatic rings. The second-order valence-corrected chi connectivity index (χ2v) is 13.6. The molecular formula is C34H42N4O5S. The van der Waals surface area contributed by atoms with Gasteiger partial charge in [-0.3, -0.25) is 15.0 Å². The van der Waals surface area contributed by atoms with E-state index in [-0.39, 0.29) is 49.1 Å². The molecule has 1 fully saturated rings. The van der Waals surface area contributed by atoms with E-state index in [0.717, 1.165) is 22.8 Å². The van der Waals surface area contributed by atoms with Crippen LogP contribution in [0.25, 0.3) is 10.8 Å². The highest BCUT2D eigenvalue weighted by atomic mass is 32.2. The summed E-state index contributed by atoms with van der Waals surface area (Å²) in [7, 11) is -4.04. The van der Waals surface area contributed by atoms with Gasteiger partial charge in [-0.15, -0.1) is 12.3 Å². The van der Waals surface area contributed by atoms with Crippen molar-refractivity contribution in [3.05, 3.63) is 78.4 Å². The van der Waals surface area contributed by atoms with E-state index in [9.17, 15) is 23.1 Å². The van der Waals surface area contributed by atoms with Gasteiger partial charge >= 0.3 is 0 Å². The third kappa shape index (κ3) is 8.45. The minimum absolute atomic E-state index is 0.0437. The summed E-state index contributed by atoms with van der Waals surface area (Å²) in [6.07, 6.45) is 5.83. The quantitative estimate of drug-likeness (QED) is 0.199. The monoisotopic (exact) mass is 618 g/mol. The molecule has 0 saturated carbocycles. The van der Waals surface area contributed by atoms with Gasteiger partial charge in [0.05, 0.1) is 23.1 Å². The minimum Gasteiger partial charge on any atom is -0.390 e. The number of hydrazine groups is 1. The SMILES string of the molecule is C#CCCC(=O)N(NC(=O)C1CCCN1)C(Cc1ccccc1)[C@H](O)CN(CC(C)C)S(=O)(=O)c1ccc2ccccc2c1. The van der Waals surface area contributed by atoms with Crippen LogP contribution in [0.2, 0.25) is 0 Å². The zero-order chi connectivity index (χ0) is 31.7. The smallest absolute Gasteiger partial charge is 0.255 e. The van der Waals surface area contributed by atoms with Crippen LogP contribution >= 0.6 is 0 Å². The van der Waals surface area contributed by atoms with E-state index >= 15 is 0 Å². The van der Waals surface area contributed by atoms with Gasteiger partial charge in [-0.2, -0.15) is 4.31 Å². The third-order valence-corrected chi connectivity index (χ3v) is 9.57. The molecule has 3 aromatic carbocycles. The number of carbonyl (C=O) groups excluding carboxylic acids is 2. The fourth-order valence-electron chi connectivity index (χ4n) is 5.48. The Kier molecular flexibility index (Phi) is 11.5. The maximum Gasteiger partial charge on any atom is 0.255 e. The van der Waals surface area contributed by atoms with Gasteiger partial charge in [0.1, 0.15) is 0 Å². The average Bonchev–Trinajstić information content (AvgIpc) is 3.56. The molecule has 0 bridgehead atoms. The molecule has 3 atom stereocenters. The normalized spacial score (nSPS) is 16.5. The summed E-state index contributed by atoms with van der Waals surface area (Å²) < 4.78 is 29.4. The Bertz CT molecular complexity index is 1570. The molecule has 0 aliphatic carbocycles. The van der Waals surface area contributed by atoms with Crippen molar-refractivity contribution in [3.63, 3.8) is 0 Å². The first-order valence-electron chi connectivity index (χ1n) is 15.1. The lowest BCUT2D eigenvalue weighted by atomic mass is 9.99. The lowest BCUT2D eigenvalue weighted by Gasteiger charge is -2.37. The van der Waals surface area contributed by atoms with Crippen LogP contribution in [0, 0.1) is 18.3 Å². The number of aliphatic hydroxyl groups is 1. The van der Waals surface area contributed by atoms with Gasteiger partial charge in [0.25, 0.3) is 5.91 Å². The van der Waals surface area contributed by atoms with Crippen LogP contribution in [0.15, 0.2) is 77.7 Å². The predicted octanol–water partition coefficient (Wildman–Crippen LogP) is 3.48. The van der Waals surface area contributed by atoms with Gasteiger partial charge < -0.3 is 10.4 Å². The number of fused-ring (bicyclic) bond motifs is 1. The molecule has 10 heteroatoms. The number of terminal acetylenes is 1. The van der Waals surface area contributed by atoms with Crippen LogP contribution in [0.4, 0.5) is 0 Å². The third-order valence-electron chi connectivity index (χ3n) is 7.74. The van der Waals surface area contributed by atoms with E-state index in [1.165, 1.54) is 9.31 Å². The number of carbonyl (C=O) groups is 2. The molecule has 4 rings (SSSR count). The Balaban J connectivity index is 1.69. The molecule has 1 saturated heterocycles. The number of rotatable bonds is 13. The van der Waals surface area contributed by atoms with Crippen molar-refractivity contribution in [2.75, 3.05) is 19.6 Å². The van der Waals surface area contributed by atoms with Crippen molar-refractivity contribution in [1.29, 1.82) is 0 Å². The van der Waals surface area contributed by atoms with E-state index in [2.05, 4.69) is 16.7 Å². The van der Waals surface area contributed by atoms with Crippen LogP contribution in [0.5, 0.6) is 0 Å². The van der Waals surface area contributed by atoms with E-state index in [1.807, 2.05) is 68.4 Å². The first kappa shape index (κ1) is 33.1. The molecule has 44 heavy (non-hydrogen) atoms. The van der Waals surface area contributed by atoms with Crippen molar-refractivity contribution in [3.8, 4) is 12.3 Å². The number of benzene rings is 3. The summed E-state index contributed by atoms with van der Waals surface area (Å²) in [6.45, 7) is 4.35. The molecule has 234 valence electrons. The molecule has 3 aromatic rings. The minimum atomic E-state index is -4.04. The van der Waals surface area contributed by atoms with Crippen LogP contribution in [0.1, 0.15) is 45.1 Å². The largest absolute Gasteiger partial charge is 0.390 e. The zero-order valence-corrected chi connectivity index (χ0v) is 26.2. The number of hydrogen-bond donors (Lipinski definition) is 3. The molecule has 0 spiro atoms. The van der Waals surface area contributed by atoms with Gasteiger partial charge in [-0.25, -0.2) is 13.4 Å². The van der Waals surface area contributed by atoms with Crippen LogP contribution in [0.3, 0.4) is 0 Å². The van der Waals surface area contributed by atoms with E-state index in [4.69, 9.17) is 6.42 Å². The second-order valence-electron chi connectivity index (χ2n) is 11.6. The Hall–Kier alpha value is -3.75. The van der Waals surface area contributed by atoms with Crippen molar-refractivity contribution in [2.45, 2.75) is 69.0 Å². The highest BCUT2D eigenvalue weighted by Gasteiger charge is 2.37. The number of nitrogens with zero attached hydrogens (tertiary/aromatic N) is 2. The number of sulfonamides is 1. The number of amides is 2. The molecule has 2 amide bonds. The van der Waals surface area contributed by atoms with Crippen molar-refractivity contribution < 1.29 is 23.1 Å². The molecule has 1 aliphatic heterocycles. The standard InChI is InChI=1S/C34H42N4O5S/c1-4-5-17-33(40)38(36-34(41)30-16-11-20-35-30)31(21-26-12-7-6-8-13-26)32(39)24-37(23-25(2)3)44(42,43)29-19-18-27-14-9-10-15-28(27)22-29/h1,6-10,12-15,18-19,22,25,30-32,35,39H,5,11,16-17,20-21,23-24H2,2-3H3,(H,36,41)/t30?,31?,32-/m1/s1. The van der Waals surface area contributed by atoms with Crippen LogP contribution in [-0.4, -0.2) is 72.5 Å². The van der Waals surface area contributed by atoms with Gasteiger partial charge in [0.15, 0.2) is 0 Å². The molecule has 9 nitrogen and oxygen atoms in total. The Morgan fingerprint density at radius 1 is 1.05 bits per heavy atom. The Labute approximate surface area is 260 Å². The topological polar surface area (TPSA) is 119 Å². The molecule has 3 N–H and O–H groups in total. The van der Waals surface area contributed by atoms with E-state index < -0.39 is 34.1 Å². The molecule has 1 heterocycles. The lowest BCUT2D eigenvalue weighted by molar-refractivity contribution is -0.148. The Morgan fingerprint density at radius 3 is 2.41 bits per heavy atom. The van der Waals surface area contributed by atoms with Crippen LogP contribution < -0.4 is 10.7 Å². The average molecular weight is 619 g/mol. The summed E-state index contributed by atoms with van der Waals surface area (Å²) >= 11 is 0. The fraction of sp³-hybridized carbons (Fsp3) is 0.412. The van der Waals surface area contributed by atoms with Crippen molar-refractivity contribution in [2.24, 2.45) is 5.92 Å². The summed E-state index contributed by atoms with van der Waals surface area (Å²) in [4.78, 5) is 26.9. The highest BCUT2D eigenvalue weighted by Crippen LogP contribution is 2.24. The van der Waals surface area contributed by atoms with Gasteiger partial charge in [-0.1, -0.05) is 74.5 Å². The van der Waals surface area contributed by atoms with Crippen molar-refractivity contribution >= 4 is 32.6 Å². The number of nitrogens with one attached hydrogen (secondary N) is 2. The fourth-order valence-corrected chi connectivity index (χ4v) is 7.13. The molecule has 0 radical (unpaired) electrons. The van der Waals surface area contributed by atoms with Gasteiger partial charge in [0.2, 0.25) is 15.9 Å². The number of hydrogen-bond acceptors (Lipinski definition) is 6. The predicted molar refractivity (Wildman–Crippen MR) is 172 cm³/mol. The first-order valence-corrected chi connectivity index (χ1v) is 16.5. The zero-order valence-electron chi connectivity index (χ0n) is 25.4. The van der Waals surface area contributed by atoms with Gasteiger partial charge in [0, 0.05) is 25.9 Å². The van der Waals surface area contributed by atoms with Crippen LogP contribution in [-0.2, 0) is 26.0 Å². The number of aliphatic hydroxyl groups excluding tert-OH is 1. The molecule has 2 unspecified atom stereocenters. The van der Waals surface area contributed by atoms with Gasteiger partial charge in [-0.05, 0) is 60.2 Å². The summed E-state index contributed by atoms with van der Waals surface area (Å²) in [6, 6.07) is 20.3. The lowest BCUT2D eigenvalue weighted by Crippen LogP contribution is -2.61. The highest BCUT2D eigenvalue weighted by molar-refractivity contribution is 7.89.